The zero-order valence-corrected chi connectivity index (χ0v) is 12.7. The summed E-state index contributed by atoms with van der Waals surface area (Å²) in [5.41, 5.74) is 5.31. The highest BCUT2D eigenvalue weighted by atomic mass is 32.1. The summed E-state index contributed by atoms with van der Waals surface area (Å²) in [5, 5.41) is 2.14. The third kappa shape index (κ3) is 2.68. The Morgan fingerprint density at radius 3 is 2.15 bits per heavy atom. The lowest BCUT2D eigenvalue weighted by atomic mass is 9.94. The summed E-state index contributed by atoms with van der Waals surface area (Å²) in [6.45, 7) is 4.50. The third-order valence-electron chi connectivity index (χ3n) is 3.53. The number of rotatable bonds is 3. The molecule has 1 heterocycles. The molecule has 0 saturated carbocycles. The van der Waals surface area contributed by atoms with Crippen molar-refractivity contribution in [1.29, 1.82) is 0 Å². The molecule has 0 fully saturated rings. The quantitative estimate of drug-likeness (QED) is 0.534. The average Bonchev–Trinajstić information content (AvgIpc) is 3.02. The Balaban J connectivity index is 2.15. The highest BCUT2D eigenvalue weighted by Crippen LogP contribution is 2.32. The normalized spacial score (nSPS) is 10.9. The van der Waals surface area contributed by atoms with E-state index in [0.717, 1.165) is 0 Å². The molecule has 3 aromatic rings. The van der Waals surface area contributed by atoms with E-state index in [1.54, 1.807) is 11.3 Å². The standard InChI is InChI=1S/C19H18S/c1-14(2)16-11-17(15-7-4-3-5-8-15)13-18(12-16)19-9-6-10-20-19/h3-14H,1-2H3. The second-order valence-corrected chi connectivity index (χ2v) is 6.29. The Bertz CT molecular complexity index is 679. The lowest BCUT2D eigenvalue weighted by Crippen LogP contribution is -1.90. The molecule has 1 heteroatoms. The topological polar surface area (TPSA) is 0 Å². The van der Waals surface area contributed by atoms with Crippen LogP contribution in [0.4, 0.5) is 0 Å². The van der Waals surface area contributed by atoms with Crippen LogP contribution >= 0.6 is 11.3 Å². The first-order valence-electron chi connectivity index (χ1n) is 6.98. The Labute approximate surface area is 124 Å². The highest BCUT2D eigenvalue weighted by molar-refractivity contribution is 7.13. The Morgan fingerprint density at radius 1 is 0.750 bits per heavy atom. The lowest BCUT2D eigenvalue weighted by Gasteiger charge is -2.12. The van der Waals surface area contributed by atoms with Crippen molar-refractivity contribution in [3.05, 3.63) is 71.6 Å². The van der Waals surface area contributed by atoms with Gasteiger partial charge in [0, 0.05) is 4.88 Å². The van der Waals surface area contributed by atoms with Crippen LogP contribution in [0.5, 0.6) is 0 Å². The van der Waals surface area contributed by atoms with E-state index in [4.69, 9.17) is 0 Å². The molecule has 20 heavy (non-hydrogen) atoms. The smallest absolute Gasteiger partial charge is 0.0343 e. The van der Waals surface area contributed by atoms with Crippen LogP contribution in [0.3, 0.4) is 0 Å². The third-order valence-corrected chi connectivity index (χ3v) is 4.45. The van der Waals surface area contributed by atoms with E-state index in [1.165, 1.54) is 27.1 Å². The van der Waals surface area contributed by atoms with E-state index in [-0.39, 0.29) is 0 Å². The molecule has 0 unspecified atom stereocenters. The minimum absolute atomic E-state index is 0.539. The van der Waals surface area contributed by atoms with Crippen LogP contribution in [-0.4, -0.2) is 0 Å². The summed E-state index contributed by atoms with van der Waals surface area (Å²) in [7, 11) is 0. The van der Waals surface area contributed by atoms with Gasteiger partial charge in [0.05, 0.1) is 0 Å². The van der Waals surface area contributed by atoms with Crippen LogP contribution in [0, 0.1) is 0 Å². The van der Waals surface area contributed by atoms with Crippen LogP contribution < -0.4 is 0 Å². The maximum absolute atomic E-state index is 2.32. The minimum Gasteiger partial charge on any atom is -0.144 e. The molecule has 0 spiro atoms. The molecule has 1 aromatic heterocycles. The zero-order chi connectivity index (χ0) is 13.9. The fourth-order valence-corrected chi connectivity index (χ4v) is 3.08. The van der Waals surface area contributed by atoms with Gasteiger partial charge in [-0.05, 0) is 45.7 Å². The van der Waals surface area contributed by atoms with Gasteiger partial charge in [-0.25, -0.2) is 0 Å². The molecule has 3 rings (SSSR count). The van der Waals surface area contributed by atoms with Crippen molar-refractivity contribution in [2.24, 2.45) is 0 Å². The lowest BCUT2D eigenvalue weighted by molar-refractivity contribution is 0.867. The average molecular weight is 278 g/mol. The molecule has 0 aliphatic heterocycles. The summed E-state index contributed by atoms with van der Waals surface area (Å²) in [6.07, 6.45) is 0. The van der Waals surface area contributed by atoms with Crippen molar-refractivity contribution in [3.63, 3.8) is 0 Å². The summed E-state index contributed by atoms with van der Waals surface area (Å²) >= 11 is 1.80. The predicted octanol–water partition coefficient (Wildman–Crippen LogP) is 6.21. The monoisotopic (exact) mass is 278 g/mol. The van der Waals surface area contributed by atoms with E-state index < -0.39 is 0 Å². The van der Waals surface area contributed by atoms with E-state index in [9.17, 15) is 0 Å². The molecular formula is C19H18S. The fraction of sp³-hybridized carbons (Fsp3) is 0.158. The van der Waals surface area contributed by atoms with Crippen LogP contribution in [-0.2, 0) is 0 Å². The van der Waals surface area contributed by atoms with Crippen molar-refractivity contribution in [1.82, 2.24) is 0 Å². The number of benzene rings is 2. The van der Waals surface area contributed by atoms with Crippen molar-refractivity contribution in [3.8, 4) is 21.6 Å². The fourth-order valence-electron chi connectivity index (χ4n) is 2.37. The van der Waals surface area contributed by atoms with Crippen LogP contribution in [0.25, 0.3) is 21.6 Å². The Kier molecular flexibility index (Phi) is 3.70. The molecular weight excluding hydrogens is 260 g/mol. The van der Waals surface area contributed by atoms with Gasteiger partial charge in [0.15, 0.2) is 0 Å². The number of hydrogen-bond donors (Lipinski definition) is 0. The van der Waals surface area contributed by atoms with Gasteiger partial charge in [0.2, 0.25) is 0 Å². The van der Waals surface area contributed by atoms with E-state index >= 15 is 0 Å². The molecule has 0 N–H and O–H groups in total. The highest BCUT2D eigenvalue weighted by Gasteiger charge is 2.08. The number of hydrogen-bond acceptors (Lipinski definition) is 1. The van der Waals surface area contributed by atoms with Crippen molar-refractivity contribution < 1.29 is 0 Å². The van der Waals surface area contributed by atoms with E-state index in [0.29, 0.717) is 5.92 Å². The first-order valence-corrected chi connectivity index (χ1v) is 7.86. The van der Waals surface area contributed by atoms with E-state index in [2.05, 4.69) is 79.9 Å². The van der Waals surface area contributed by atoms with Gasteiger partial charge >= 0.3 is 0 Å². The summed E-state index contributed by atoms with van der Waals surface area (Å²) < 4.78 is 0. The second kappa shape index (κ2) is 5.64. The van der Waals surface area contributed by atoms with Gasteiger partial charge in [0.1, 0.15) is 0 Å². The minimum atomic E-state index is 0.539. The van der Waals surface area contributed by atoms with Crippen molar-refractivity contribution >= 4 is 11.3 Å². The van der Waals surface area contributed by atoms with Gasteiger partial charge in [-0.2, -0.15) is 0 Å². The summed E-state index contributed by atoms with van der Waals surface area (Å²) in [6, 6.07) is 21.9. The maximum Gasteiger partial charge on any atom is 0.0343 e. The molecule has 0 radical (unpaired) electrons. The second-order valence-electron chi connectivity index (χ2n) is 5.34. The molecule has 0 aliphatic carbocycles. The first kappa shape index (κ1) is 13.1. The molecule has 0 atom stereocenters. The van der Waals surface area contributed by atoms with Gasteiger partial charge in [-0.15, -0.1) is 11.3 Å². The molecule has 0 bridgehead atoms. The first-order chi connectivity index (χ1) is 9.74. The van der Waals surface area contributed by atoms with E-state index in [1.807, 2.05) is 0 Å². The van der Waals surface area contributed by atoms with Gasteiger partial charge in [0.25, 0.3) is 0 Å². The van der Waals surface area contributed by atoms with Crippen LogP contribution in [0.1, 0.15) is 25.3 Å². The summed E-state index contributed by atoms with van der Waals surface area (Å²) in [5.74, 6) is 0.539. The predicted molar refractivity (Wildman–Crippen MR) is 89.3 cm³/mol. The van der Waals surface area contributed by atoms with Crippen molar-refractivity contribution in [2.75, 3.05) is 0 Å². The van der Waals surface area contributed by atoms with Crippen LogP contribution in [0.15, 0.2) is 66.0 Å². The van der Waals surface area contributed by atoms with Gasteiger partial charge in [-0.3, -0.25) is 0 Å². The SMILES string of the molecule is CC(C)c1cc(-c2ccccc2)cc(-c2cccs2)c1. The van der Waals surface area contributed by atoms with Crippen LogP contribution in [0.2, 0.25) is 0 Å². The molecule has 2 aromatic carbocycles. The number of thiophene rings is 1. The Morgan fingerprint density at radius 2 is 1.50 bits per heavy atom. The molecule has 0 amide bonds. The molecule has 0 nitrogen and oxygen atoms in total. The summed E-state index contributed by atoms with van der Waals surface area (Å²) in [4.78, 5) is 1.34. The van der Waals surface area contributed by atoms with Crippen molar-refractivity contribution in [2.45, 2.75) is 19.8 Å². The Hall–Kier alpha value is -1.86. The van der Waals surface area contributed by atoms with Gasteiger partial charge < -0.3 is 0 Å². The maximum atomic E-state index is 2.32. The molecule has 0 aliphatic rings. The molecule has 100 valence electrons. The molecule has 0 saturated heterocycles. The largest absolute Gasteiger partial charge is 0.144 e. The zero-order valence-electron chi connectivity index (χ0n) is 11.8. The van der Waals surface area contributed by atoms with Gasteiger partial charge in [-0.1, -0.05) is 62.4 Å².